The Morgan fingerprint density at radius 3 is 2.68 bits per heavy atom. The van der Waals surface area contributed by atoms with Crippen LogP contribution < -0.4 is 0 Å². The number of rotatable bonds is 3. The second kappa shape index (κ2) is 5.21. The topological polar surface area (TPSA) is 29.5 Å². The lowest BCUT2D eigenvalue weighted by Crippen LogP contribution is -2.49. The highest BCUT2D eigenvalue weighted by molar-refractivity contribution is 5.30. The number of benzene rings is 1. The maximum absolute atomic E-state index is 11.0. The van der Waals surface area contributed by atoms with Crippen LogP contribution in [0.15, 0.2) is 43.0 Å². The third-order valence-corrected chi connectivity index (χ3v) is 6.62. The molecule has 1 N–H and O–H groups in total. The first kappa shape index (κ1) is 14.5. The van der Waals surface area contributed by atoms with Gasteiger partial charge in [-0.15, -0.1) is 6.58 Å². The summed E-state index contributed by atoms with van der Waals surface area (Å²) in [4.78, 5) is 0. The van der Waals surface area contributed by atoms with Crippen molar-refractivity contribution in [2.75, 3.05) is 0 Å². The van der Waals surface area contributed by atoms with Crippen molar-refractivity contribution in [1.29, 1.82) is 0 Å². The molecule has 22 heavy (non-hydrogen) atoms. The van der Waals surface area contributed by atoms with Gasteiger partial charge in [-0.25, -0.2) is 0 Å². The first-order valence-corrected chi connectivity index (χ1v) is 8.76. The molecule has 4 rings (SSSR count). The van der Waals surface area contributed by atoms with Crippen molar-refractivity contribution in [2.45, 2.75) is 62.8 Å². The summed E-state index contributed by atoms with van der Waals surface area (Å²) in [5.41, 5.74) is 1.02. The number of hydrogen-bond donors (Lipinski definition) is 1. The largest absolute Gasteiger partial charge is 0.367 e. The average molecular weight is 298 g/mol. The summed E-state index contributed by atoms with van der Waals surface area (Å²) >= 11 is 0. The summed E-state index contributed by atoms with van der Waals surface area (Å²) in [7, 11) is 0. The van der Waals surface area contributed by atoms with Crippen molar-refractivity contribution in [2.24, 2.45) is 11.3 Å². The highest BCUT2D eigenvalue weighted by Crippen LogP contribution is 2.67. The highest BCUT2D eigenvalue weighted by Gasteiger charge is 2.67. The van der Waals surface area contributed by atoms with Crippen molar-refractivity contribution in [3.8, 4) is 0 Å². The van der Waals surface area contributed by atoms with Crippen LogP contribution in [0.3, 0.4) is 0 Å². The lowest BCUT2D eigenvalue weighted by Gasteiger charge is -2.50. The summed E-state index contributed by atoms with van der Waals surface area (Å²) in [6.45, 7) is 4.13. The molecule has 118 valence electrons. The second-order valence-corrected chi connectivity index (χ2v) is 7.42. The smallest absolute Gasteiger partial charge is 0.162 e. The van der Waals surface area contributed by atoms with Crippen LogP contribution in [0.1, 0.15) is 56.4 Å². The number of aliphatic hydroxyl groups excluding tert-OH is 1. The molecular formula is C20H26O2. The molecule has 3 aliphatic rings. The van der Waals surface area contributed by atoms with E-state index in [4.69, 9.17) is 4.74 Å². The van der Waals surface area contributed by atoms with Gasteiger partial charge in [0.1, 0.15) is 0 Å². The Bertz CT molecular complexity index is 550. The van der Waals surface area contributed by atoms with Crippen LogP contribution in [0, 0.1) is 11.3 Å². The quantitative estimate of drug-likeness (QED) is 0.838. The number of hydrogen-bond acceptors (Lipinski definition) is 2. The van der Waals surface area contributed by atoms with Crippen LogP contribution in [0.4, 0.5) is 0 Å². The third kappa shape index (κ3) is 1.80. The summed E-state index contributed by atoms with van der Waals surface area (Å²) in [6, 6.07) is 10.6. The van der Waals surface area contributed by atoms with Gasteiger partial charge in [0.15, 0.2) is 6.29 Å². The predicted octanol–water partition coefficient (Wildman–Crippen LogP) is 4.40. The average Bonchev–Trinajstić information content (AvgIpc) is 2.70. The molecule has 1 heterocycles. The molecule has 0 spiro atoms. The highest BCUT2D eigenvalue weighted by atomic mass is 16.6. The van der Waals surface area contributed by atoms with Gasteiger partial charge in [0.05, 0.1) is 5.60 Å². The zero-order valence-electron chi connectivity index (χ0n) is 13.2. The van der Waals surface area contributed by atoms with Gasteiger partial charge in [0.2, 0.25) is 0 Å². The van der Waals surface area contributed by atoms with Gasteiger partial charge in [-0.1, -0.05) is 49.2 Å². The lowest BCUT2D eigenvalue weighted by atomic mass is 9.52. The Morgan fingerprint density at radius 1 is 1.14 bits per heavy atom. The van der Waals surface area contributed by atoms with Crippen LogP contribution in [-0.4, -0.2) is 17.0 Å². The van der Waals surface area contributed by atoms with Gasteiger partial charge in [-0.05, 0) is 43.6 Å². The zero-order chi connectivity index (χ0) is 15.2. The standard InChI is InChI=1S/C20H26O2/c1-2-16(15-9-4-3-5-10-15)20-14-8-13-19(22-18(20)21)12-7-6-11-17(19)20/h2-5,9-10,16-18,21H,1,6-8,11-14H2/t16-,17?,18?,19?,20?/m1/s1. The minimum atomic E-state index is -0.652. The Hall–Kier alpha value is -1.12. The Kier molecular flexibility index (Phi) is 3.43. The molecule has 0 radical (unpaired) electrons. The Labute approximate surface area is 133 Å². The summed E-state index contributed by atoms with van der Waals surface area (Å²) in [6.07, 6.45) is 9.54. The van der Waals surface area contributed by atoms with Crippen molar-refractivity contribution in [1.82, 2.24) is 0 Å². The molecule has 1 aromatic carbocycles. The van der Waals surface area contributed by atoms with Crippen LogP contribution >= 0.6 is 0 Å². The van der Waals surface area contributed by atoms with Gasteiger partial charge in [0, 0.05) is 11.3 Å². The van der Waals surface area contributed by atoms with E-state index < -0.39 is 6.29 Å². The SMILES string of the molecule is C=C[C@H](c1ccccc1)C12CCCC3(CCCCC31)OC2O. The van der Waals surface area contributed by atoms with E-state index in [9.17, 15) is 5.11 Å². The molecule has 5 atom stereocenters. The number of aliphatic hydroxyl groups is 1. The van der Waals surface area contributed by atoms with E-state index in [2.05, 4.69) is 43.0 Å². The minimum Gasteiger partial charge on any atom is -0.367 e. The fraction of sp³-hybridized carbons (Fsp3) is 0.600. The van der Waals surface area contributed by atoms with Gasteiger partial charge in [-0.3, -0.25) is 0 Å². The molecule has 1 aliphatic heterocycles. The Morgan fingerprint density at radius 2 is 1.91 bits per heavy atom. The Balaban J connectivity index is 1.81. The molecule has 4 unspecified atom stereocenters. The van der Waals surface area contributed by atoms with E-state index in [1.165, 1.54) is 24.8 Å². The van der Waals surface area contributed by atoms with Gasteiger partial charge in [0.25, 0.3) is 0 Å². The zero-order valence-corrected chi connectivity index (χ0v) is 13.2. The fourth-order valence-corrected chi connectivity index (χ4v) is 5.82. The maximum atomic E-state index is 11.0. The molecule has 2 aliphatic carbocycles. The van der Waals surface area contributed by atoms with E-state index in [0.29, 0.717) is 5.92 Å². The minimum absolute atomic E-state index is 0.0635. The molecule has 3 fully saturated rings. The number of ether oxygens (including phenoxy) is 1. The van der Waals surface area contributed by atoms with Gasteiger partial charge in [-0.2, -0.15) is 0 Å². The third-order valence-electron chi connectivity index (χ3n) is 6.62. The van der Waals surface area contributed by atoms with E-state index in [0.717, 1.165) is 25.7 Å². The van der Waals surface area contributed by atoms with Crippen LogP contribution in [0.5, 0.6) is 0 Å². The van der Waals surface area contributed by atoms with Gasteiger partial charge >= 0.3 is 0 Å². The molecule has 0 amide bonds. The summed E-state index contributed by atoms with van der Waals surface area (Å²) < 4.78 is 6.29. The first-order valence-electron chi connectivity index (χ1n) is 8.76. The molecule has 1 saturated heterocycles. The van der Waals surface area contributed by atoms with Gasteiger partial charge < -0.3 is 9.84 Å². The summed E-state index contributed by atoms with van der Waals surface area (Å²) in [5, 5.41) is 11.0. The van der Waals surface area contributed by atoms with Crippen molar-refractivity contribution < 1.29 is 9.84 Å². The van der Waals surface area contributed by atoms with E-state index in [-0.39, 0.29) is 16.9 Å². The van der Waals surface area contributed by atoms with E-state index >= 15 is 0 Å². The van der Waals surface area contributed by atoms with Crippen LogP contribution in [0.2, 0.25) is 0 Å². The maximum Gasteiger partial charge on any atom is 0.162 e. The molecule has 2 bridgehead atoms. The lowest BCUT2D eigenvalue weighted by molar-refractivity contribution is -0.164. The van der Waals surface area contributed by atoms with Crippen molar-refractivity contribution in [3.05, 3.63) is 48.6 Å². The monoisotopic (exact) mass is 298 g/mol. The van der Waals surface area contributed by atoms with Crippen LogP contribution in [0.25, 0.3) is 0 Å². The molecule has 2 heteroatoms. The van der Waals surface area contributed by atoms with E-state index in [1.807, 2.05) is 0 Å². The van der Waals surface area contributed by atoms with Crippen LogP contribution in [-0.2, 0) is 4.74 Å². The molecule has 2 nitrogen and oxygen atoms in total. The summed E-state index contributed by atoms with van der Waals surface area (Å²) in [5.74, 6) is 0.648. The molecule has 1 aromatic rings. The molecule has 0 aromatic heterocycles. The normalized spacial score (nSPS) is 41.7. The number of allylic oxidation sites excluding steroid dienone is 1. The first-order chi connectivity index (χ1) is 10.7. The van der Waals surface area contributed by atoms with Crippen molar-refractivity contribution in [3.63, 3.8) is 0 Å². The second-order valence-electron chi connectivity index (χ2n) is 7.42. The molecular weight excluding hydrogens is 272 g/mol. The molecule has 2 saturated carbocycles. The van der Waals surface area contributed by atoms with Crippen molar-refractivity contribution >= 4 is 0 Å². The predicted molar refractivity (Wildman–Crippen MR) is 87.4 cm³/mol. The fourth-order valence-electron chi connectivity index (χ4n) is 5.82. The van der Waals surface area contributed by atoms with E-state index in [1.54, 1.807) is 0 Å².